The molecule has 0 unspecified atom stereocenters. The van der Waals surface area contributed by atoms with Gasteiger partial charge in [0, 0.05) is 38.1 Å². The van der Waals surface area contributed by atoms with Crippen LogP contribution in [0.1, 0.15) is 30.3 Å². The molecular formula is C19H24N4O2. The van der Waals surface area contributed by atoms with Crippen molar-refractivity contribution in [3.63, 3.8) is 0 Å². The second-order valence-electron chi connectivity index (χ2n) is 6.57. The van der Waals surface area contributed by atoms with Gasteiger partial charge in [-0.1, -0.05) is 25.1 Å². The Hall–Kier alpha value is -2.63. The number of nitrogens with one attached hydrogen (secondary N) is 1. The fourth-order valence-corrected chi connectivity index (χ4v) is 3.48. The standard InChI is InChI=1S/C19H24N4O2/c1-4-14-7-5-6-13(2)18(14)23-11-15(10-17(23)24)19(25)22(3)12-16-20-8-9-21-16/h5-9,15H,4,10-12H2,1-3H3,(H,20,21)/t15-/m1/s1. The summed E-state index contributed by atoms with van der Waals surface area (Å²) in [7, 11) is 1.75. The van der Waals surface area contributed by atoms with Gasteiger partial charge < -0.3 is 14.8 Å². The van der Waals surface area contributed by atoms with E-state index in [1.165, 1.54) is 0 Å². The Balaban J connectivity index is 1.75. The van der Waals surface area contributed by atoms with E-state index in [4.69, 9.17) is 0 Å². The van der Waals surface area contributed by atoms with Gasteiger partial charge in [-0.25, -0.2) is 4.98 Å². The third-order valence-corrected chi connectivity index (χ3v) is 4.76. The zero-order valence-electron chi connectivity index (χ0n) is 15.0. The Morgan fingerprint density at radius 1 is 1.44 bits per heavy atom. The van der Waals surface area contributed by atoms with E-state index >= 15 is 0 Å². The second kappa shape index (κ2) is 7.09. The number of nitrogens with zero attached hydrogens (tertiary/aromatic N) is 3. The van der Waals surface area contributed by atoms with Crippen LogP contribution in [0.3, 0.4) is 0 Å². The summed E-state index contributed by atoms with van der Waals surface area (Å²) in [5.41, 5.74) is 3.19. The molecule has 2 aromatic rings. The first-order valence-corrected chi connectivity index (χ1v) is 8.63. The van der Waals surface area contributed by atoms with Crippen LogP contribution in [-0.2, 0) is 22.6 Å². The molecule has 1 aromatic carbocycles. The van der Waals surface area contributed by atoms with Crippen molar-refractivity contribution in [3.8, 4) is 0 Å². The third-order valence-electron chi connectivity index (χ3n) is 4.76. The quantitative estimate of drug-likeness (QED) is 0.908. The summed E-state index contributed by atoms with van der Waals surface area (Å²) in [5, 5.41) is 0. The van der Waals surface area contributed by atoms with Crippen molar-refractivity contribution in [2.45, 2.75) is 33.2 Å². The van der Waals surface area contributed by atoms with Crippen molar-refractivity contribution >= 4 is 17.5 Å². The number of carbonyl (C=O) groups is 2. The van der Waals surface area contributed by atoms with Gasteiger partial charge in [0.25, 0.3) is 0 Å². The molecule has 0 radical (unpaired) electrons. The Morgan fingerprint density at radius 2 is 2.24 bits per heavy atom. The number of aromatic amines is 1. The number of H-pyrrole nitrogens is 1. The van der Waals surface area contributed by atoms with Gasteiger partial charge >= 0.3 is 0 Å². The lowest BCUT2D eigenvalue weighted by atomic mass is 10.0. The first-order chi connectivity index (χ1) is 12.0. The van der Waals surface area contributed by atoms with Crippen molar-refractivity contribution in [1.29, 1.82) is 0 Å². The van der Waals surface area contributed by atoms with Gasteiger partial charge in [0.05, 0.1) is 12.5 Å². The molecule has 132 valence electrons. The van der Waals surface area contributed by atoms with E-state index in [0.29, 0.717) is 13.1 Å². The van der Waals surface area contributed by atoms with Crippen molar-refractivity contribution in [1.82, 2.24) is 14.9 Å². The van der Waals surface area contributed by atoms with Crippen LogP contribution in [0.5, 0.6) is 0 Å². The molecule has 0 saturated carbocycles. The lowest BCUT2D eigenvalue weighted by molar-refractivity contribution is -0.135. The van der Waals surface area contributed by atoms with Crippen molar-refractivity contribution in [2.24, 2.45) is 5.92 Å². The van der Waals surface area contributed by atoms with E-state index in [9.17, 15) is 9.59 Å². The van der Waals surface area contributed by atoms with Crippen molar-refractivity contribution in [2.75, 3.05) is 18.5 Å². The lowest BCUT2D eigenvalue weighted by Crippen LogP contribution is -2.34. The Labute approximate surface area is 147 Å². The molecule has 1 atom stereocenters. The molecule has 0 spiro atoms. The summed E-state index contributed by atoms with van der Waals surface area (Å²) < 4.78 is 0. The lowest BCUT2D eigenvalue weighted by Gasteiger charge is -2.23. The minimum absolute atomic E-state index is 0.0149. The largest absolute Gasteiger partial charge is 0.347 e. The SMILES string of the molecule is CCc1cccc(C)c1N1C[C@H](C(=O)N(C)Cc2ncc[nH]2)CC1=O. The minimum Gasteiger partial charge on any atom is -0.347 e. The van der Waals surface area contributed by atoms with Crippen LogP contribution >= 0.6 is 0 Å². The molecule has 0 aliphatic carbocycles. The highest BCUT2D eigenvalue weighted by Gasteiger charge is 2.37. The summed E-state index contributed by atoms with van der Waals surface area (Å²) in [6.07, 6.45) is 4.52. The maximum atomic E-state index is 12.7. The zero-order chi connectivity index (χ0) is 18.0. The van der Waals surface area contributed by atoms with Crippen LogP contribution in [0, 0.1) is 12.8 Å². The molecule has 1 aromatic heterocycles. The average molecular weight is 340 g/mol. The number of anilines is 1. The number of hydrogen-bond donors (Lipinski definition) is 1. The van der Waals surface area contributed by atoms with Crippen LogP contribution < -0.4 is 4.90 Å². The van der Waals surface area contributed by atoms with Gasteiger partial charge in [-0.2, -0.15) is 0 Å². The molecule has 25 heavy (non-hydrogen) atoms. The van der Waals surface area contributed by atoms with Crippen molar-refractivity contribution in [3.05, 3.63) is 47.5 Å². The third kappa shape index (κ3) is 3.43. The molecule has 6 heteroatoms. The molecule has 0 bridgehead atoms. The number of carbonyl (C=O) groups excluding carboxylic acids is 2. The zero-order valence-corrected chi connectivity index (χ0v) is 15.0. The van der Waals surface area contributed by atoms with E-state index in [0.717, 1.165) is 29.1 Å². The molecule has 3 rings (SSSR count). The maximum Gasteiger partial charge on any atom is 0.228 e. The molecule has 1 aliphatic heterocycles. The van der Waals surface area contributed by atoms with Gasteiger partial charge in [-0.15, -0.1) is 0 Å². The molecule has 1 fully saturated rings. The van der Waals surface area contributed by atoms with Crippen LogP contribution in [0.4, 0.5) is 5.69 Å². The molecule has 2 heterocycles. The number of rotatable bonds is 5. The number of benzene rings is 1. The maximum absolute atomic E-state index is 12.7. The first kappa shape index (κ1) is 17.2. The number of aromatic nitrogens is 2. The predicted octanol–water partition coefficient (Wildman–Crippen LogP) is 2.29. The monoisotopic (exact) mass is 340 g/mol. The summed E-state index contributed by atoms with van der Waals surface area (Å²) in [6.45, 7) is 4.96. The van der Waals surface area contributed by atoms with Crippen LogP contribution in [0.15, 0.2) is 30.6 Å². The average Bonchev–Trinajstić information content (AvgIpc) is 3.23. The molecule has 6 nitrogen and oxygen atoms in total. The number of hydrogen-bond acceptors (Lipinski definition) is 3. The Morgan fingerprint density at radius 3 is 2.92 bits per heavy atom. The predicted molar refractivity (Wildman–Crippen MR) is 96.1 cm³/mol. The summed E-state index contributed by atoms with van der Waals surface area (Å²) in [6, 6.07) is 6.08. The summed E-state index contributed by atoms with van der Waals surface area (Å²) in [5.74, 6) is 0.439. The number of para-hydroxylation sites is 1. The fraction of sp³-hybridized carbons (Fsp3) is 0.421. The van der Waals surface area contributed by atoms with Crippen LogP contribution in [0.25, 0.3) is 0 Å². The normalized spacial score (nSPS) is 17.2. The van der Waals surface area contributed by atoms with Gasteiger partial charge in [-0.05, 0) is 24.5 Å². The van der Waals surface area contributed by atoms with Gasteiger partial charge in [0.1, 0.15) is 5.82 Å². The van der Waals surface area contributed by atoms with Crippen molar-refractivity contribution < 1.29 is 9.59 Å². The minimum atomic E-state index is -0.309. The molecule has 1 saturated heterocycles. The molecule has 1 N–H and O–H groups in total. The number of amides is 2. The van der Waals surface area contributed by atoms with Crippen LogP contribution in [0.2, 0.25) is 0 Å². The Kier molecular flexibility index (Phi) is 4.88. The molecule has 1 aliphatic rings. The summed E-state index contributed by atoms with van der Waals surface area (Å²) >= 11 is 0. The topological polar surface area (TPSA) is 69.3 Å². The van der Waals surface area contributed by atoms with Gasteiger partial charge in [0.15, 0.2) is 0 Å². The summed E-state index contributed by atoms with van der Waals surface area (Å²) in [4.78, 5) is 35.9. The smallest absolute Gasteiger partial charge is 0.228 e. The highest BCUT2D eigenvalue weighted by molar-refractivity contribution is 6.01. The van der Waals surface area contributed by atoms with E-state index in [2.05, 4.69) is 16.9 Å². The second-order valence-corrected chi connectivity index (χ2v) is 6.57. The number of imidazole rings is 1. The highest BCUT2D eigenvalue weighted by atomic mass is 16.2. The Bertz CT molecular complexity index is 770. The molecule has 2 amide bonds. The highest BCUT2D eigenvalue weighted by Crippen LogP contribution is 2.32. The van der Waals surface area contributed by atoms with Crippen LogP contribution in [-0.4, -0.2) is 40.3 Å². The molecular weight excluding hydrogens is 316 g/mol. The number of aryl methyl sites for hydroxylation is 2. The van der Waals surface area contributed by atoms with E-state index < -0.39 is 0 Å². The van der Waals surface area contributed by atoms with Gasteiger partial charge in [0.2, 0.25) is 11.8 Å². The van der Waals surface area contributed by atoms with E-state index in [1.807, 2.05) is 25.1 Å². The first-order valence-electron chi connectivity index (χ1n) is 8.63. The van der Waals surface area contributed by atoms with E-state index in [1.54, 1.807) is 29.2 Å². The van der Waals surface area contributed by atoms with E-state index in [-0.39, 0.29) is 24.2 Å². The fourth-order valence-electron chi connectivity index (χ4n) is 3.48. The van der Waals surface area contributed by atoms with Gasteiger partial charge in [-0.3, -0.25) is 9.59 Å².